The van der Waals surface area contributed by atoms with Crippen molar-refractivity contribution in [3.05, 3.63) is 24.0 Å². The standard InChI is InChI=1S/C19H27N3O2.2C2HF3O2/c1-13-18(6-3-7-20-13)21-19(23)17-12-24-11-15-9-22(10-16(15)17)8-14-4-2-5-14;2*3-2(4,5)1(6)7/h3,6-7,14-17H,2,4-5,8-12H2,1H3,(H,21,23);2*(H,6,7)/t15-,16-,17+;;/m1../s1. The number of ether oxygens (including phenoxy) is 1. The van der Waals surface area contributed by atoms with E-state index in [1.807, 2.05) is 19.1 Å². The van der Waals surface area contributed by atoms with Gasteiger partial charge in [-0.1, -0.05) is 6.42 Å². The van der Waals surface area contributed by atoms with Gasteiger partial charge in [-0.3, -0.25) is 9.78 Å². The Morgan fingerprint density at radius 2 is 1.63 bits per heavy atom. The number of hydrogen-bond acceptors (Lipinski definition) is 6. The zero-order chi connectivity index (χ0) is 28.7. The fourth-order valence-electron chi connectivity index (χ4n) is 4.39. The molecule has 0 bridgehead atoms. The summed E-state index contributed by atoms with van der Waals surface area (Å²) in [6.07, 6.45) is -4.26. The number of hydrogen-bond donors (Lipinski definition) is 3. The maximum Gasteiger partial charge on any atom is 0.490 e. The number of nitrogens with one attached hydrogen (secondary N) is 1. The highest BCUT2D eigenvalue weighted by Gasteiger charge is 2.44. The molecular weight excluding hydrogens is 528 g/mol. The number of carboxylic acids is 2. The number of aryl methyl sites for hydroxylation is 1. The van der Waals surface area contributed by atoms with Gasteiger partial charge in [-0.05, 0) is 49.7 Å². The fourth-order valence-corrected chi connectivity index (χ4v) is 4.39. The molecule has 1 amide bonds. The van der Waals surface area contributed by atoms with E-state index in [-0.39, 0.29) is 11.8 Å². The second-order valence-electron chi connectivity index (χ2n) is 9.31. The van der Waals surface area contributed by atoms with Gasteiger partial charge in [-0.25, -0.2) is 9.59 Å². The van der Waals surface area contributed by atoms with Gasteiger partial charge in [0.1, 0.15) is 0 Å². The normalized spacial score (nSPS) is 23.5. The molecule has 3 N–H and O–H groups in total. The molecule has 0 aromatic carbocycles. The topological polar surface area (TPSA) is 129 Å². The first kappa shape index (κ1) is 31.3. The molecule has 1 saturated carbocycles. The molecule has 0 spiro atoms. The van der Waals surface area contributed by atoms with Crippen molar-refractivity contribution in [1.82, 2.24) is 9.88 Å². The number of rotatable bonds is 4. The zero-order valence-corrected chi connectivity index (χ0v) is 20.4. The van der Waals surface area contributed by atoms with E-state index in [9.17, 15) is 31.1 Å². The Bertz CT molecular complexity index is 946. The number of anilines is 1. The first-order chi connectivity index (χ1) is 17.6. The van der Waals surface area contributed by atoms with E-state index in [1.54, 1.807) is 6.20 Å². The average Bonchev–Trinajstić information content (AvgIpc) is 3.20. The molecular formula is C23H29F6N3O6. The quantitative estimate of drug-likeness (QED) is 0.480. The lowest BCUT2D eigenvalue weighted by molar-refractivity contribution is -0.193. The van der Waals surface area contributed by atoms with Crippen molar-refractivity contribution in [1.29, 1.82) is 0 Å². The average molecular weight is 557 g/mol. The van der Waals surface area contributed by atoms with Crippen molar-refractivity contribution < 1.29 is 55.7 Å². The van der Waals surface area contributed by atoms with Crippen molar-refractivity contribution in [2.45, 2.75) is 38.5 Å². The summed E-state index contributed by atoms with van der Waals surface area (Å²) in [4.78, 5) is 37.4. The maximum absolute atomic E-state index is 12.8. The highest BCUT2D eigenvalue weighted by Crippen LogP contribution is 2.37. The van der Waals surface area contributed by atoms with Crippen molar-refractivity contribution >= 4 is 23.5 Å². The molecule has 15 heteroatoms. The van der Waals surface area contributed by atoms with Gasteiger partial charge in [0.15, 0.2) is 0 Å². The predicted octanol–water partition coefficient (Wildman–Crippen LogP) is 3.59. The van der Waals surface area contributed by atoms with Crippen LogP contribution in [-0.2, 0) is 19.1 Å². The molecule has 4 rings (SSSR count). The number of amides is 1. The lowest BCUT2D eigenvalue weighted by Gasteiger charge is -2.32. The van der Waals surface area contributed by atoms with Crippen LogP contribution in [0.15, 0.2) is 18.3 Å². The molecule has 3 fully saturated rings. The largest absolute Gasteiger partial charge is 0.490 e. The molecule has 0 unspecified atom stereocenters. The molecule has 3 heterocycles. The predicted molar refractivity (Wildman–Crippen MR) is 120 cm³/mol. The number of halogens is 6. The monoisotopic (exact) mass is 557 g/mol. The molecule has 2 saturated heterocycles. The Hall–Kier alpha value is -2.94. The van der Waals surface area contributed by atoms with Crippen LogP contribution in [0.5, 0.6) is 0 Å². The van der Waals surface area contributed by atoms with E-state index in [0.717, 1.165) is 37.0 Å². The Morgan fingerprint density at radius 3 is 2.11 bits per heavy atom. The minimum Gasteiger partial charge on any atom is -0.475 e. The number of aromatic nitrogens is 1. The second-order valence-corrected chi connectivity index (χ2v) is 9.31. The van der Waals surface area contributed by atoms with Gasteiger partial charge in [-0.15, -0.1) is 0 Å². The number of carbonyl (C=O) groups excluding carboxylic acids is 1. The third kappa shape index (κ3) is 9.42. The molecule has 214 valence electrons. The Morgan fingerprint density at radius 1 is 1.05 bits per heavy atom. The number of aliphatic carboxylic acids is 2. The smallest absolute Gasteiger partial charge is 0.475 e. The minimum atomic E-state index is -5.08. The van der Waals surface area contributed by atoms with Crippen LogP contribution in [-0.4, -0.2) is 83.1 Å². The fraction of sp³-hybridized carbons (Fsp3) is 0.652. The van der Waals surface area contributed by atoms with Crippen molar-refractivity contribution in [2.24, 2.45) is 23.7 Å². The van der Waals surface area contributed by atoms with Crippen LogP contribution in [0.2, 0.25) is 0 Å². The molecule has 3 atom stereocenters. The molecule has 3 aliphatic rings. The third-order valence-corrected chi connectivity index (χ3v) is 6.54. The van der Waals surface area contributed by atoms with Crippen molar-refractivity contribution in [2.75, 3.05) is 38.2 Å². The molecule has 2 aliphatic heterocycles. The highest BCUT2D eigenvalue weighted by molar-refractivity contribution is 5.93. The van der Waals surface area contributed by atoms with Crippen LogP contribution in [0.25, 0.3) is 0 Å². The summed E-state index contributed by atoms with van der Waals surface area (Å²) in [6.45, 7) is 6.63. The van der Waals surface area contributed by atoms with Gasteiger partial charge in [0, 0.05) is 25.8 Å². The van der Waals surface area contributed by atoms with Gasteiger partial charge >= 0.3 is 24.3 Å². The van der Waals surface area contributed by atoms with Crippen LogP contribution in [0.1, 0.15) is 25.0 Å². The summed E-state index contributed by atoms with van der Waals surface area (Å²) in [6, 6.07) is 3.78. The first-order valence-electron chi connectivity index (χ1n) is 11.7. The Kier molecular flexibility index (Phi) is 10.9. The van der Waals surface area contributed by atoms with Crippen LogP contribution in [0.3, 0.4) is 0 Å². The lowest BCUT2D eigenvalue weighted by atomic mass is 9.82. The van der Waals surface area contributed by atoms with Gasteiger partial charge in [0.2, 0.25) is 5.91 Å². The van der Waals surface area contributed by atoms with Gasteiger partial charge < -0.3 is 25.2 Å². The number of likely N-dealkylation sites (tertiary alicyclic amines) is 1. The van der Waals surface area contributed by atoms with Crippen molar-refractivity contribution in [3.8, 4) is 0 Å². The Balaban J connectivity index is 0.000000301. The summed E-state index contributed by atoms with van der Waals surface area (Å²) in [5.41, 5.74) is 1.67. The van der Waals surface area contributed by atoms with Gasteiger partial charge in [0.25, 0.3) is 0 Å². The summed E-state index contributed by atoms with van der Waals surface area (Å²) >= 11 is 0. The molecule has 0 radical (unpaired) electrons. The van der Waals surface area contributed by atoms with E-state index in [2.05, 4.69) is 15.2 Å². The van der Waals surface area contributed by atoms with E-state index in [0.29, 0.717) is 18.4 Å². The number of carbonyl (C=O) groups is 3. The highest BCUT2D eigenvalue weighted by atomic mass is 19.4. The first-order valence-corrected chi connectivity index (χ1v) is 11.7. The van der Waals surface area contributed by atoms with Crippen molar-refractivity contribution in [3.63, 3.8) is 0 Å². The minimum absolute atomic E-state index is 0.0465. The van der Waals surface area contributed by atoms with E-state index in [1.165, 1.54) is 25.8 Å². The van der Waals surface area contributed by atoms with Gasteiger partial charge in [-0.2, -0.15) is 26.3 Å². The Labute approximate surface area is 214 Å². The van der Waals surface area contributed by atoms with E-state index in [4.69, 9.17) is 24.5 Å². The van der Waals surface area contributed by atoms with Crippen LogP contribution < -0.4 is 5.32 Å². The van der Waals surface area contributed by atoms with Crippen LogP contribution in [0, 0.1) is 30.6 Å². The number of nitrogens with zero attached hydrogens (tertiary/aromatic N) is 2. The molecule has 1 aliphatic carbocycles. The summed E-state index contributed by atoms with van der Waals surface area (Å²) in [5.74, 6) is -3.65. The summed E-state index contributed by atoms with van der Waals surface area (Å²) in [7, 11) is 0. The van der Waals surface area contributed by atoms with Gasteiger partial charge in [0.05, 0.1) is 30.5 Å². The second kappa shape index (κ2) is 13.2. The number of carboxylic acid groups (broad SMARTS) is 2. The summed E-state index contributed by atoms with van der Waals surface area (Å²) < 4.78 is 69.2. The lowest BCUT2D eigenvalue weighted by Crippen LogP contribution is -2.42. The van der Waals surface area contributed by atoms with E-state index >= 15 is 0 Å². The third-order valence-electron chi connectivity index (χ3n) is 6.54. The van der Waals surface area contributed by atoms with Crippen LogP contribution >= 0.6 is 0 Å². The zero-order valence-electron chi connectivity index (χ0n) is 20.4. The number of fused-ring (bicyclic) bond motifs is 1. The SMILES string of the molecule is Cc1ncccc1NC(=O)[C@H]1COC[C@H]2CN(CC3CCC3)C[C@H]21.O=C(O)C(F)(F)F.O=C(O)C(F)(F)F. The van der Waals surface area contributed by atoms with Crippen LogP contribution in [0.4, 0.5) is 32.0 Å². The molecule has 1 aromatic rings. The number of alkyl halides is 6. The number of pyridine rings is 1. The summed E-state index contributed by atoms with van der Waals surface area (Å²) in [5, 5.41) is 17.3. The molecule has 9 nitrogen and oxygen atoms in total. The molecule has 38 heavy (non-hydrogen) atoms. The van der Waals surface area contributed by atoms with E-state index < -0.39 is 24.3 Å². The maximum atomic E-state index is 12.8. The molecule has 1 aromatic heterocycles.